The van der Waals surface area contributed by atoms with E-state index in [9.17, 15) is 0 Å². The molecule has 4 nitrogen and oxygen atoms in total. The lowest BCUT2D eigenvalue weighted by Gasteiger charge is -2.29. The number of furan rings is 1. The Morgan fingerprint density at radius 2 is 1.48 bits per heavy atom. The summed E-state index contributed by atoms with van der Waals surface area (Å²) in [5.41, 5.74) is 17.0. The van der Waals surface area contributed by atoms with Gasteiger partial charge in [-0.05, 0) is 115 Å². The predicted molar refractivity (Wildman–Crippen MR) is 253 cm³/mol. The van der Waals surface area contributed by atoms with Gasteiger partial charge in [-0.25, -0.2) is 0 Å². The van der Waals surface area contributed by atoms with Crippen molar-refractivity contribution in [3.8, 4) is 11.4 Å². The molecule has 6 aromatic carbocycles. The Balaban J connectivity index is 1.15. The molecule has 0 spiro atoms. The third-order valence-corrected chi connectivity index (χ3v) is 16.0. The summed E-state index contributed by atoms with van der Waals surface area (Å²) in [6, 6.07) is 47.1. The Bertz CT molecular complexity index is 3210. The van der Waals surface area contributed by atoms with E-state index < -0.39 is 8.07 Å². The summed E-state index contributed by atoms with van der Waals surface area (Å²) < 4.78 is 16.3. The first kappa shape index (κ1) is 35.6. The molecule has 4 aliphatic rings. The van der Waals surface area contributed by atoms with Crippen molar-refractivity contribution in [1.29, 1.82) is 0 Å². The molecule has 0 saturated carbocycles. The van der Waals surface area contributed by atoms with E-state index in [2.05, 4.69) is 196 Å². The zero-order valence-electron chi connectivity index (χ0n) is 35.1. The van der Waals surface area contributed by atoms with Crippen molar-refractivity contribution < 1.29 is 9.15 Å². The van der Waals surface area contributed by atoms with Gasteiger partial charge in [0.1, 0.15) is 17.6 Å². The molecule has 294 valence electrons. The van der Waals surface area contributed by atoms with Crippen LogP contribution < -0.4 is 14.8 Å². The van der Waals surface area contributed by atoms with Crippen molar-refractivity contribution in [2.45, 2.75) is 70.7 Å². The number of benzene rings is 6. The van der Waals surface area contributed by atoms with Gasteiger partial charge >= 0.3 is 0 Å². The fraction of sp³-hybridized carbons (Fsp3) is 0.200. The highest BCUT2D eigenvalue weighted by atomic mass is 28.3. The number of hydrogen-bond acceptors (Lipinski definition) is 3. The van der Waals surface area contributed by atoms with E-state index in [1.54, 1.807) is 0 Å². The smallest absolute Gasteiger partial charge is 0.159 e. The highest BCUT2D eigenvalue weighted by Crippen LogP contribution is 2.62. The van der Waals surface area contributed by atoms with Crippen LogP contribution in [0.1, 0.15) is 61.1 Å². The number of rotatable bonds is 5. The summed E-state index contributed by atoms with van der Waals surface area (Å²) in [4.78, 5) is 2.48. The van der Waals surface area contributed by atoms with Gasteiger partial charge in [-0.2, -0.15) is 0 Å². The number of hydrogen-bond donors (Lipinski definition) is 0. The number of fused-ring (bicyclic) bond motifs is 13. The maximum absolute atomic E-state index is 7.28. The van der Waals surface area contributed by atoms with Crippen LogP contribution in [0.15, 0.2) is 155 Å². The van der Waals surface area contributed by atoms with Crippen molar-refractivity contribution in [3.05, 3.63) is 179 Å². The third-order valence-electron chi connectivity index (χ3n) is 13.9. The standard InChI is InChI=1S/C55H48N2O2Si/c1-33-20-26-40-49(30-33)59-54-46(32-43-53(51(40)54)52-42(55(43,2)3)27-29-48-50(52)39-17-11-13-19-47(39)58-48)56(35-21-24-37(25-22-35)60(4,5)6)36-23-28-45-41(31-36)38-16-10-12-18-44(38)57(45)34-14-8-7-9-15-34/h7-19,21-25,27-32,48,50H,20,26H2,1-6H3. The quantitative estimate of drug-likeness (QED) is 0.163. The molecule has 3 aliphatic carbocycles. The van der Waals surface area contributed by atoms with Crippen molar-refractivity contribution >= 4 is 74.7 Å². The second kappa shape index (κ2) is 12.6. The first-order valence-electron chi connectivity index (χ1n) is 21.5. The highest BCUT2D eigenvalue weighted by Gasteiger charge is 2.49. The molecule has 2 aromatic heterocycles. The van der Waals surface area contributed by atoms with Crippen molar-refractivity contribution in [3.63, 3.8) is 0 Å². The minimum atomic E-state index is -1.56. The van der Waals surface area contributed by atoms with E-state index in [-0.39, 0.29) is 17.4 Å². The first-order valence-corrected chi connectivity index (χ1v) is 25.0. The van der Waals surface area contributed by atoms with Crippen LogP contribution in [0.4, 0.5) is 17.1 Å². The van der Waals surface area contributed by atoms with Crippen molar-refractivity contribution in [1.82, 2.24) is 4.57 Å². The molecule has 0 N–H and O–H groups in total. The van der Waals surface area contributed by atoms with Crippen LogP contribution >= 0.6 is 0 Å². The average molecular weight is 797 g/mol. The van der Waals surface area contributed by atoms with Gasteiger partial charge in [-0.3, -0.25) is 0 Å². The average Bonchev–Trinajstić information content (AvgIpc) is 3.97. The van der Waals surface area contributed by atoms with Gasteiger partial charge in [0.25, 0.3) is 0 Å². The maximum atomic E-state index is 7.28. The van der Waals surface area contributed by atoms with Crippen LogP contribution in [0.3, 0.4) is 0 Å². The molecule has 60 heavy (non-hydrogen) atoms. The van der Waals surface area contributed by atoms with E-state index in [1.807, 2.05) is 0 Å². The monoisotopic (exact) mass is 796 g/mol. The number of nitrogens with zero attached hydrogens (tertiary/aromatic N) is 2. The predicted octanol–water partition coefficient (Wildman–Crippen LogP) is 14.1. The number of anilines is 3. The Labute approximate surface area is 352 Å². The Morgan fingerprint density at radius 1 is 0.750 bits per heavy atom. The number of allylic oxidation sites excluding steroid dienone is 3. The van der Waals surface area contributed by atoms with E-state index in [1.165, 1.54) is 71.4 Å². The van der Waals surface area contributed by atoms with Gasteiger partial charge in [0, 0.05) is 49.8 Å². The third kappa shape index (κ3) is 5.02. The molecule has 0 radical (unpaired) electrons. The summed E-state index contributed by atoms with van der Waals surface area (Å²) in [6.45, 7) is 14.4. The summed E-state index contributed by atoms with van der Waals surface area (Å²) in [7, 11) is -1.56. The van der Waals surface area contributed by atoms with Crippen molar-refractivity contribution in [2.75, 3.05) is 4.90 Å². The lowest BCUT2D eigenvalue weighted by molar-refractivity contribution is 0.271. The lowest BCUT2D eigenvalue weighted by Crippen LogP contribution is -2.37. The summed E-state index contributed by atoms with van der Waals surface area (Å²) >= 11 is 0. The molecule has 5 heteroatoms. The van der Waals surface area contributed by atoms with Crippen LogP contribution in [0, 0.1) is 0 Å². The van der Waals surface area contributed by atoms with E-state index >= 15 is 0 Å². The molecule has 0 amide bonds. The molecule has 3 heterocycles. The minimum Gasteiger partial charge on any atom is -0.485 e. The van der Waals surface area contributed by atoms with Gasteiger partial charge in [0.05, 0.1) is 30.7 Å². The largest absolute Gasteiger partial charge is 0.485 e. The van der Waals surface area contributed by atoms with Crippen LogP contribution in [-0.4, -0.2) is 18.7 Å². The Hall–Kier alpha value is -6.30. The first-order chi connectivity index (χ1) is 29.1. The molecule has 2 atom stereocenters. The summed E-state index contributed by atoms with van der Waals surface area (Å²) in [5.74, 6) is 2.11. The van der Waals surface area contributed by atoms with Crippen LogP contribution in [0.5, 0.6) is 5.75 Å². The molecule has 1 aliphatic heterocycles. The number of ether oxygens (including phenoxy) is 1. The fourth-order valence-electron chi connectivity index (χ4n) is 10.9. The molecule has 12 rings (SSSR count). The normalized spacial score (nSPS) is 18.6. The Morgan fingerprint density at radius 3 is 2.30 bits per heavy atom. The van der Waals surface area contributed by atoms with Gasteiger partial charge in [0.15, 0.2) is 5.58 Å². The molecular formula is C55H48N2O2Si. The summed E-state index contributed by atoms with van der Waals surface area (Å²) in [5, 5.41) is 5.17. The summed E-state index contributed by atoms with van der Waals surface area (Å²) in [6.07, 6.45) is 8.91. The number of para-hydroxylation sites is 3. The second-order valence-electron chi connectivity index (χ2n) is 18.9. The maximum Gasteiger partial charge on any atom is 0.159 e. The fourth-order valence-corrected chi connectivity index (χ4v) is 12.1. The molecule has 2 unspecified atom stereocenters. The molecule has 8 aromatic rings. The molecule has 0 fully saturated rings. The van der Waals surface area contributed by atoms with Crippen LogP contribution in [0.2, 0.25) is 19.6 Å². The van der Waals surface area contributed by atoms with E-state index in [0.29, 0.717) is 0 Å². The van der Waals surface area contributed by atoms with E-state index in [4.69, 9.17) is 9.15 Å². The van der Waals surface area contributed by atoms with E-state index in [0.717, 1.165) is 52.7 Å². The number of aryl methyl sites for hydroxylation is 1. The van der Waals surface area contributed by atoms with Crippen LogP contribution in [-0.2, 0) is 11.8 Å². The highest BCUT2D eigenvalue weighted by molar-refractivity contribution is 6.88. The van der Waals surface area contributed by atoms with Gasteiger partial charge in [0.2, 0.25) is 0 Å². The molecule has 0 bridgehead atoms. The minimum absolute atomic E-state index is 0.0337. The molecule has 0 saturated heterocycles. The molecular weight excluding hydrogens is 749 g/mol. The zero-order chi connectivity index (χ0) is 40.7. The zero-order valence-corrected chi connectivity index (χ0v) is 36.1. The van der Waals surface area contributed by atoms with Gasteiger partial charge < -0.3 is 18.6 Å². The van der Waals surface area contributed by atoms with Crippen molar-refractivity contribution in [2.24, 2.45) is 0 Å². The van der Waals surface area contributed by atoms with Crippen LogP contribution in [0.25, 0.3) is 50.1 Å². The van der Waals surface area contributed by atoms with Gasteiger partial charge in [-0.15, -0.1) is 0 Å². The lowest BCUT2D eigenvalue weighted by atomic mass is 9.76. The number of aromatic nitrogens is 1. The second-order valence-corrected chi connectivity index (χ2v) is 24.0. The SMILES string of the molecule is CC1=Cc2oc3c(N(c4ccc([Si](C)(C)C)cc4)c4ccc5c(c4)c4ccccc4n5-c4ccccc4)cc4c(c3c2CC1)C1=C(C=CC2Oc3ccccc3C12)C4(C)C. The van der Waals surface area contributed by atoms with Gasteiger partial charge in [-0.1, -0.05) is 117 Å². The topological polar surface area (TPSA) is 30.5 Å². The Kier molecular flexibility index (Phi) is 7.48.